The Balaban J connectivity index is 1.67. The Morgan fingerprint density at radius 3 is 2.50 bits per heavy atom. The quantitative estimate of drug-likeness (QED) is 0.371. The van der Waals surface area contributed by atoms with Gasteiger partial charge in [0, 0.05) is 23.5 Å². The van der Waals surface area contributed by atoms with Gasteiger partial charge in [-0.3, -0.25) is 4.79 Å². The highest BCUT2D eigenvalue weighted by Crippen LogP contribution is 2.34. The predicted molar refractivity (Wildman–Crippen MR) is 124 cm³/mol. The van der Waals surface area contributed by atoms with E-state index in [4.69, 9.17) is 0 Å². The summed E-state index contributed by atoms with van der Waals surface area (Å²) in [6.45, 7) is 1.56. The lowest BCUT2D eigenvalue weighted by Crippen LogP contribution is -2.43. The van der Waals surface area contributed by atoms with Crippen LogP contribution in [0.4, 0.5) is 4.39 Å². The summed E-state index contributed by atoms with van der Waals surface area (Å²) in [7, 11) is 0. The molecule has 0 aliphatic carbocycles. The van der Waals surface area contributed by atoms with E-state index < -0.39 is 11.5 Å². The van der Waals surface area contributed by atoms with Crippen LogP contribution in [0.15, 0.2) is 85.1 Å². The number of para-hydroxylation sites is 1. The second-order valence-electron chi connectivity index (χ2n) is 8.24. The molecule has 2 atom stereocenters. The van der Waals surface area contributed by atoms with Crippen LogP contribution in [0.25, 0.3) is 10.9 Å². The highest BCUT2D eigenvalue weighted by molar-refractivity contribution is 5.88. The van der Waals surface area contributed by atoms with Crippen LogP contribution in [0.3, 0.4) is 0 Å². The van der Waals surface area contributed by atoms with Crippen LogP contribution in [0.1, 0.15) is 29.7 Å². The zero-order chi connectivity index (χ0) is 22.6. The molecule has 1 heterocycles. The summed E-state index contributed by atoms with van der Waals surface area (Å²) in [6.07, 6.45) is 3.94. The molecule has 4 nitrogen and oxygen atoms in total. The summed E-state index contributed by atoms with van der Waals surface area (Å²) in [6, 6.07) is 23.1. The average Bonchev–Trinajstić information content (AvgIpc) is 3.22. The summed E-state index contributed by atoms with van der Waals surface area (Å²) in [4.78, 5) is 16.8. The van der Waals surface area contributed by atoms with Crippen molar-refractivity contribution in [2.24, 2.45) is 5.41 Å². The Hall–Kier alpha value is -3.44. The van der Waals surface area contributed by atoms with E-state index in [0.29, 0.717) is 12.0 Å². The maximum atomic E-state index is 14.5. The third-order valence-electron chi connectivity index (χ3n) is 5.82. The SMILES string of the molecule is CC([CH]c1ccccc1F)(Cc1c[nH]c2ccccc12)C(=O)NC(CO)c1ccccc1. The molecule has 0 bridgehead atoms. The first kappa shape index (κ1) is 21.8. The molecule has 1 radical (unpaired) electrons. The van der Waals surface area contributed by atoms with Gasteiger partial charge in [0.25, 0.3) is 0 Å². The molecule has 163 valence electrons. The molecule has 32 heavy (non-hydrogen) atoms. The number of amides is 1. The molecule has 0 aliphatic heterocycles. The van der Waals surface area contributed by atoms with Crippen LogP contribution < -0.4 is 5.32 Å². The molecular weight excluding hydrogens is 403 g/mol. The monoisotopic (exact) mass is 429 g/mol. The van der Waals surface area contributed by atoms with Crippen molar-refractivity contribution in [1.29, 1.82) is 0 Å². The number of aromatic nitrogens is 1. The number of benzene rings is 3. The van der Waals surface area contributed by atoms with E-state index in [1.807, 2.05) is 60.8 Å². The van der Waals surface area contributed by atoms with Gasteiger partial charge >= 0.3 is 0 Å². The lowest BCUT2D eigenvalue weighted by Gasteiger charge is -2.30. The molecule has 2 unspecified atom stereocenters. The van der Waals surface area contributed by atoms with Crippen LogP contribution in [-0.2, 0) is 11.2 Å². The number of carbonyl (C=O) groups is 1. The van der Waals surface area contributed by atoms with Gasteiger partial charge in [-0.25, -0.2) is 4.39 Å². The molecule has 0 fully saturated rings. The van der Waals surface area contributed by atoms with E-state index in [0.717, 1.165) is 22.0 Å². The van der Waals surface area contributed by atoms with Crippen molar-refractivity contribution < 1.29 is 14.3 Å². The second kappa shape index (κ2) is 9.37. The number of hydrogen-bond donors (Lipinski definition) is 3. The molecule has 3 aromatic carbocycles. The van der Waals surface area contributed by atoms with Crippen molar-refractivity contribution in [3.63, 3.8) is 0 Å². The van der Waals surface area contributed by atoms with Crippen molar-refractivity contribution in [3.8, 4) is 0 Å². The van der Waals surface area contributed by atoms with Gasteiger partial charge in [-0.15, -0.1) is 0 Å². The van der Waals surface area contributed by atoms with Crippen LogP contribution in [0.2, 0.25) is 0 Å². The van der Waals surface area contributed by atoms with Crippen molar-refractivity contribution in [3.05, 3.63) is 114 Å². The minimum atomic E-state index is -1.06. The molecule has 0 saturated heterocycles. The van der Waals surface area contributed by atoms with Gasteiger partial charge in [0.15, 0.2) is 0 Å². The van der Waals surface area contributed by atoms with Crippen LogP contribution in [-0.4, -0.2) is 22.6 Å². The molecule has 0 aliphatic rings. The molecule has 0 spiro atoms. The first-order valence-electron chi connectivity index (χ1n) is 10.6. The highest BCUT2D eigenvalue weighted by Gasteiger charge is 2.36. The first-order chi connectivity index (χ1) is 15.5. The van der Waals surface area contributed by atoms with Gasteiger partial charge in [0.05, 0.1) is 18.1 Å². The maximum absolute atomic E-state index is 14.5. The number of aliphatic hydroxyl groups is 1. The lowest BCUT2D eigenvalue weighted by atomic mass is 9.77. The van der Waals surface area contributed by atoms with Gasteiger partial charge in [0.2, 0.25) is 5.91 Å². The fourth-order valence-electron chi connectivity index (χ4n) is 4.05. The van der Waals surface area contributed by atoms with Crippen molar-refractivity contribution in [1.82, 2.24) is 10.3 Å². The molecule has 1 aromatic heterocycles. The van der Waals surface area contributed by atoms with Gasteiger partial charge in [-0.2, -0.15) is 0 Å². The van der Waals surface area contributed by atoms with Crippen molar-refractivity contribution in [2.75, 3.05) is 6.61 Å². The van der Waals surface area contributed by atoms with E-state index in [1.165, 1.54) is 6.07 Å². The fourth-order valence-corrected chi connectivity index (χ4v) is 4.05. The van der Waals surface area contributed by atoms with Crippen LogP contribution in [0.5, 0.6) is 0 Å². The fraction of sp³-hybridized carbons (Fsp3) is 0.185. The molecule has 4 aromatic rings. The molecule has 0 saturated carbocycles. The summed E-state index contributed by atoms with van der Waals surface area (Å²) < 4.78 is 14.5. The molecule has 5 heteroatoms. The van der Waals surface area contributed by atoms with Gasteiger partial charge in [0.1, 0.15) is 5.82 Å². The van der Waals surface area contributed by atoms with E-state index >= 15 is 0 Å². The smallest absolute Gasteiger partial charge is 0.227 e. The van der Waals surface area contributed by atoms with Gasteiger partial charge in [-0.1, -0.05) is 66.7 Å². The summed E-state index contributed by atoms with van der Waals surface area (Å²) >= 11 is 0. The van der Waals surface area contributed by atoms with Gasteiger partial charge in [-0.05, 0) is 42.2 Å². The average molecular weight is 430 g/mol. The van der Waals surface area contributed by atoms with Crippen molar-refractivity contribution in [2.45, 2.75) is 19.4 Å². The van der Waals surface area contributed by atoms with Gasteiger partial charge < -0.3 is 15.4 Å². The Labute approximate surface area is 187 Å². The summed E-state index contributed by atoms with van der Waals surface area (Å²) in [5, 5.41) is 13.9. The standard InChI is InChI=1S/C27H26FN2O2/c1-27(15-20-11-5-7-13-23(20)28,16-21-17-29-24-14-8-6-12-22(21)24)26(32)30-25(18-31)19-9-3-2-4-10-19/h2-15,17,25,29,31H,16,18H2,1H3,(H,30,32). The summed E-state index contributed by atoms with van der Waals surface area (Å²) in [5.74, 6) is -0.666. The Kier molecular flexibility index (Phi) is 6.37. The predicted octanol–water partition coefficient (Wildman–Crippen LogP) is 4.96. The topological polar surface area (TPSA) is 65.1 Å². The number of aliphatic hydroxyl groups excluding tert-OH is 1. The number of aromatic amines is 1. The molecule has 4 rings (SSSR count). The number of halogens is 1. The molecule has 1 amide bonds. The molecular formula is C27H26FN2O2. The zero-order valence-corrected chi connectivity index (χ0v) is 17.9. The Morgan fingerprint density at radius 2 is 1.75 bits per heavy atom. The Morgan fingerprint density at radius 1 is 1.06 bits per heavy atom. The summed E-state index contributed by atoms with van der Waals surface area (Å²) in [5.41, 5.74) is 2.06. The minimum Gasteiger partial charge on any atom is -0.394 e. The highest BCUT2D eigenvalue weighted by atomic mass is 19.1. The Bertz CT molecular complexity index is 1200. The maximum Gasteiger partial charge on any atom is 0.227 e. The normalized spacial score (nSPS) is 14.1. The van der Waals surface area contributed by atoms with E-state index in [1.54, 1.807) is 31.5 Å². The van der Waals surface area contributed by atoms with Crippen molar-refractivity contribution >= 4 is 16.8 Å². The first-order valence-corrected chi connectivity index (χ1v) is 10.6. The molecule has 3 N–H and O–H groups in total. The second-order valence-corrected chi connectivity index (χ2v) is 8.24. The largest absolute Gasteiger partial charge is 0.394 e. The lowest BCUT2D eigenvalue weighted by molar-refractivity contribution is -0.129. The van der Waals surface area contributed by atoms with E-state index in [9.17, 15) is 14.3 Å². The number of carbonyl (C=O) groups excluding carboxylic acids is 1. The third kappa shape index (κ3) is 4.58. The van der Waals surface area contributed by atoms with Crippen LogP contribution in [0, 0.1) is 17.7 Å². The number of rotatable bonds is 8. The van der Waals surface area contributed by atoms with E-state index in [2.05, 4.69) is 10.3 Å². The number of H-pyrrole nitrogens is 1. The number of nitrogens with one attached hydrogen (secondary N) is 2. The van der Waals surface area contributed by atoms with E-state index in [-0.39, 0.29) is 18.3 Å². The zero-order valence-electron chi connectivity index (χ0n) is 17.9. The number of fused-ring (bicyclic) bond motifs is 1. The third-order valence-corrected chi connectivity index (χ3v) is 5.82. The minimum absolute atomic E-state index is 0.237. The van der Waals surface area contributed by atoms with Crippen LogP contribution >= 0.6 is 0 Å². The number of hydrogen-bond acceptors (Lipinski definition) is 2.